The normalized spacial score (nSPS) is 10.1. The van der Waals surface area contributed by atoms with Crippen LogP contribution in [0.3, 0.4) is 0 Å². The maximum Gasteiger partial charge on any atom is 0.305 e. The van der Waals surface area contributed by atoms with E-state index in [-0.39, 0.29) is 5.97 Å². The Morgan fingerprint density at radius 1 is 1.06 bits per heavy atom. The van der Waals surface area contributed by atoms with E-state index < -0.39 is 0 Å². The summed E-state index contributed by atoms with van der Waals surface area (Å²) in [6, 6.07) is 0. The lowest BCUT2D eigenvalue weighted by Gasteiger charge is -2.02. The van der Waals surface area contributed by atoms with Gasteiger partial charge in [-0.25, -0.2) is 0 Å². The standard InChI is InChI=1S/C14H26O2/c1-3-5-6-7-8-9-10-11-12-13-14(15)16-4-2/h3H,1,4-13H2,2H3. The number of hydrogen-bond acceptors (Lipinski definition) is 2. The Hall–Kier alpha value is -0.790. The van der Waals surface area contributed by atoms with Gasteiger partial charge in [0.05, 0.1) is 6.61 Å². The second kappa shape index (κ2) is 12.3. The van der Waals surface area contributed by atoms with Crippen LogP contribution in [0.5, 0.6) is 0 Å². The largest absolute Gasteiger partial charge is 0.466 e. The van der Waals surface area contributed by atoms with Gasteiger partial charge in [-0.05, 0) is 26.2 Å². The highest BCUT2D eigenvalue weighted by Gasteiger charge is 2.00. The minimum Gasteiger partial charge on any atom is -0.466 e. The zero-order chi connectivity index (χ0) is 12.1. The minimum atomic E-state index is -0.0477. The minimum absolute atomic E-state index is 0.0477. The lowest BCUT2D eigenvalue weighted by atomic mass is 10.1. The molecule has 0 heterocycles. The van der Waals surface area contributed by atoms with Crippen molar-refractivity contribution in [1.82, 2.24) is 0 Å². The topological polar surface area (TPSA) is 26.3 Å². The van der Waals surface area contributed by atoms with Crippen molar-refractivity contribution in [3.63, 3.8) is 0 Å². The second-order valence-electron chi connectivity index (χ2n) is 4.11. The highest BCUT2D eigenvalue weighted by Crippen LogP contribution is 2.10. The number of rotatable bonds is 11. The Kier molecular flexibility index (Phi) is 11.7. The summed E-state index contributed by atoms with van der Waals surface area (Å²) >= 11 is 0. The van der Waals surface area contributed by atoms with Crippen LogP contribution in [0, 0.1) is 0 Å². The quantitative estimate of drug-likeness (QED) is 0.299. The fourth-order valence-corrected chi connectivity index (χ4v) is 1.68. The van der Waals surface area contributed by atoms with Crippen molar-refractivity contribution in [3.05, 3.63) is 12.7 Å². The number of esters is 1. The molecule has 0 aromatic carbocycles. The lowest BCUT2D eigenvalue weighted by Crippen LogP contribution is -2.03. The number of carbonyl (C=O) groups is 1. The maximum absolute atomic E-state index is 11.0. The Balaban J connectivity index is 3.03. The number of allylic oxidation sites excluding steroid dienone is 1. The summed E-state index contributed by atoms with van der Waals surface area (Å²) in [5.74, 6) is -0.0477. The van der Waals surface area contributed by atoms with Crippen molar-refractivity contribution in [2.75, 3.05) is 6.61 Å². The maximum atomic E-state index is 11.0. The Morgan fingerprint density at radius 3 is 2.19 bits per heavy atom. The van der Waals surface area contributed by atoms with Crippen LogP contribution in [0.2, 0.25) is 0 Å². The molecule has 2 heteroatoms. The zero-order valence-electron chi connectivity index (χ0n) is 10.7. The van der Waals surface area contributed by atoms with Gasteiger partial charge in [0.25, 0.3) is 0 Å². The van der Waals surface area contributed by atoms with E-state index >= 15 is 0 Å². The molecule has 0 spiro atoms. The molecule has 0 aliphatic carbocycles. The van der Waals surface area contributed by atoms with E-state index in [0.29, 0.717) is 13.0 Å². The summed E-state index contributed by atoms with van der Waals surface area (Å²) in [4.78, 5) is 11.0. The van der Waals surface area contributed by atoms with E-state index in [0.717, 1.165) is 19.3 Å². The molecule has 0 rings (SSSR count). The van der Waals surface area contributed by atoms with Crippen LogP contribution in [0.15, 0.2) is 12.7 Å². The van der Waals surface area contributed by atoms with Crippen LogP contribution in [0.1, 0.15) is 64.7 Å². The highest BCUT2D eigenvalue weighted by molar-refractivity contribution is 5.69. The molecule has 0 amide bonds. The molecule has 0 bridgehead atoms. The van der Waals surface area contributed by atoms with Gasteiger partial charge in [-0.2, -0.15) is 0 Å². The number of hydrogen-bond donors (Lipinski definition) is 0. The lowest BCUT2D eigenvalue weighted by molar-refractivity contribution is -0.143. The SMILES string of the molecule is C=CCCCCCCCCCC(=O)OCC. The Bertz CT molecular complexity index is 176. The van der Waals surface area contributed by atoms with Crippen molar-refractivity contribution < 1.29 is 9.53 Å². The molecular weight excluding hydrogens is 200 g/mol. The van der Waals surface area contributed by atoms with Crippen molar-refractivity contribution in [2.24, 2.45) is 0 Å². The van der Waals surface area contributed by atoms with Crippen molar-refractivity contribution in [2.45, 2.75) is 64.7 Å². The van der Waals surface area contributed by atoms with E-state index in [9.17, 15) is 4.79 Å². The molecule has 0 fully saturated rings. The van der Waals surface area contributed by atoms with Crippen LogP contribution < -0.4 is 0 Å². The molecule has 0 aliphatic rings. The molecule has 0 saturated heterocycles. The van der Waals surface area contributed by atoms with E-state index in [1.165, 1.54) is 32.1 Å². The number of carbonyl (C=O) groups excluding carboxylic acids is 1. The average molecular weight is 226 g/mol. The fraction of sp³-hybridized carbons (Fsp3) is 0.786. The van der Waals surface area contributed by atoms with Gasteiger partial charge in [0.15, 0.2) is 0 Å². The summed E-state index contributed by atoms with van der Waals surface area (Å²) in [6.07, 6.45) is 12.3. The van der Waals surface area contributed by atoms with Gasteiger partial charge in [0.1, 0.15) is 0 Å². The first-order chi connectivity index (χ1) is 7.81. The highest BCUT2D eigenvalue weighted by atomic mass is 16.5. The van der Waals surface area contributed by atoms with Gasteiger partial charge in [0, 0.05) is 6.42 Å². The first-order valence-corrected chi connectivity index (χ1v) is 6.57. The molecule has 0 atom stereocenters. The fourth-order valence-electron chi connectivity index (χ4n) is 1.68. The third-order valence-electron chi connectivity index (χ3n) is 2.59. The molecule has 0 unspecified atom stereocenters. The first-order valence-electron chi connectivity index (χ1n) is 6.57. The summed E-state index contributed by atoms with van der Waals surface area (Å²) in [5.41, 5.74) is 0. The molecule has 0 radical (unpaired) electrons. The molecule has 0 aliphatic heterocycles. The molecule has 16 heavy (non-hydrogen) atoms. The predicted molar refractivity (Wildman–Crippen MR) is 68.4 cm³/mol. The van der Waals surface area contributed by atoms with Crippen LogP contribution in [-0.2, 0) is 9.53 Å². The monoisotopic (exact) mass is 226 g/mol. The third-order valence-corrected chi connectivity index (χ3v) is 2.59. The molecule has 94 valence electrons. The van der Waals surface area contributed by atoms with Crippen molar-refractivity contribution >= 4 is 5.97 Å². The van der Waals surface area contributed by atoms with Crippen LogP contribution in [0.4, 0.5) is 0 Å². The van der Waals surface area contributed by atoms with Gasteiger partial charge < -0.3 is 4.74 Å². The molecule has 0 N–H and O–H groups in total. The van der Waals surface area contributed by atoms with Gasteiger partial charge in [-0.15, -0.1) is 6.58 Å². The Morgan fingerprint density at radius 2 is 1.62 bits per heavy atom. The van der Waals surface area contributed by atoms with Crippen LogP contribution in [0.25, 0.3) is 0 Å². The van der Waals surface area contributed by atoms with Crippen LogP contribution in [-0.4, -0.2) is 12.6 Å². The van der Waals surface area contributed by atoms with Gasteiger partial charge in [-0.1, -0.05) is 38.2 Å². The van der Waals surface area contributed by atoms with Gasteiger partial charge in [-0.3, -0.25) is 4.79 Å². The van der Waals surface area contributed by atoms with Crippen LogP contribution >= 0.6 is 0 Å². The predicted octanol–water partition coefficient (Wildman–Crippen LogP) is 4.25. The summed E-state index contributed by atoms with van der Waals surface area (Å²) < 4.78 is 4.87. The molecule has 0 saturated carbocycles. The summed E-state index contributed by atoms with van der Waals surface area (Å²) in [7, 11) is 0. The third kappa shape index (κ3) is 11.3. The zero-order valence-corrected chi connectivity index (χ0v) is 10.7. The van der Waals surface area contributed by atoms with Gasteiger partial charge >= 0.3 is 5.97 Å². The van der Waals surface area contributed by atoms with E-state index in [4.69, 9.17) is 4.74 Å². The second-order valence-corrected chi connectivity index (χ2v) is 4.11. The van der Waals surface area contributed by atoms with Gasteiger partial charge in [0.2, 0.25) is 0 Å². The molecule has 2 nitrogen and oxygen atoms in total. The van der Waals surface area contributed by atoms with Crippen molar-refractivity contribution in [1.29, 1.82) is 0 Å². The molecule has 0 aromatic rings. The number of unbranched alkanes of at least 4 members (excludes halogenated alkanes) is 7. The number of ether oxygens (including phenoxy) is 1. The Labute approximate surface area is 100 Å². The smallest absolute Gasteiger partial charge is 0.305 e. The van der Waals surface area contributed by atoms with Crippen molar-refractivity contribution in [3.8, 4) is 0 Å². The average Bonchev–Trinajstić information content (AvgIpc) is 2.27. The molecule has 0 aromatic heterocycles. The summed E-state index contributed by atoms with van der Waals surface area (Å²) in [5, 5.41) is 0. The van der Waals surface area contributed by atoms with E-state index in [2.05, 4.69) is 6.58 Å². The van der Waals surface area contributed by atoms with E-state index in [1.807, 2.05) is 13.0 Å². The first kappa shape index (κ1) is 15.2. The van der Waals surface area contributed by atoms with E-state index in [1.54, 1.807) is 0 Å². The molecular formula is C14H26O2. The summed E-state index contributed by atoms with van der Waals surface area (Å²) in [6.45, 7) is 6.06.